The van der Waals surface area contributed by atoms with Gasteiger partial charge in [0, 0.05) is 25.2 Å². The maximum absolute atomic E-state index is 14.1. The van der Waals surface area contributed by atoms with Crippen LogP contribution >= 0.6 is 0 Å². The van der Waals surface area contributed by atoms with E-state index in [1.807, 2.05) is 35.2 Å². The maximum atomic E-state index is 14.1. The summed E-state index contributed by atoms with van der Waals surface area (Å²) in [7, 11) is 0. The van der Waals surface area contributed by atoms with Crippen LogP contribution in [-0.4, -0.2) is 41.2 Å². The zero-order valence-electron chi connectivity index (χ0n) is 19.4. The van der Waals surface area contributed by atoms with E-state index in [-0.39, 0.29) is 23.8 Å². The molecule has 0 radical (unpaired) electrons. The molecule has 0 bridgehead atoms. The van der Waals surface area contributed by atoms with E-state index in [2.05, 4.69) is 53.4 Å². The van der Waals surface area contributed by atoms with Crippen LogP contribution in [0.1, 0.15) is 57.4 Å². The van der Waals surface area contributed by atoms with E-state index >= 15 is 0 Å². The molecule has 0 spiro atoms. The summed E-state index contributed by atoms with van der Waals surface area (Å²) in [4.78, 5) is 31.6. The van der Waals surface area contributed by atoms with Gasteiger partial charge < -0.3 is 9.80 Å². The second-order valence-electron chi connectivity index (χ2n) is 9.92. The first kappa shape index (κ1) is 21.2. The Morgan fingerprint density at radius 1 is 0.794 bits per heavy atom. The number of rotatable bonds is 3. The molecule has 2 atom stereocenters. The molecule has 6 rings (SSSR count). The van der Waals surface area contributed by atoms with Crippen molar-refractivity contribution < 1.29 is 9.59 Å². The fourth-order valence-electron chi connectivity index (χ4n) is 6.24. The van der Waals surface area contributed by atoms with Gasteiger partial charge in [-0.3, -0.25) is 9.59 Å². The summed E-state index contributed by atoms with van der Waals surface area (Å²) >= 11 is 0. The van der Waals surface area contributed by atoms with Crippen molar-refractivity contribution in [2.45, 2.75) is 37.6 Å². The maximum Gasteiger partial charge on any atom is 0.254 e. The van der Waals surface area contributed by atoms with Crippen molar-refractivity contribution in [1.29, 1.82) is 0 Å². The standard InChI is InChI=1S/C30H30N2O2/c33-29-26-13-7-6-12-25(26)27(28-24-11-5-4-10-23(24)16-19-32(28)29)30(34)31-17-14-22(15-18-31)20-21-8-2-1-3-9-21/h1-13,22,27-28H,14-20H2/t27-,28+/m0/s1. The van der Waals surface area contributed by atoms with Gasteiger partial charge in [-0.2, -0.15) is 0 Å². The molecule has 0 saturated carbocycles. The number of benzene rings is 3. The third kappa shape index (κ3) is 3.62. The van der Waals surface area contributed by atoms with E-state index in [1.165, 1.54) is 11.1 Å². The highest BCUT2D eigenvalue weighted by Gasteiger charge is 2.47. The zero-order chi connectivity index (χ0) is 23.1. The number of carbonyl (C=O) groups is 2. The Hall–Kier alpha value is -3.40. The summed E-state index contributed by atoms with van der Waals surface area (Å²) in [5.41, 5.74) is 5.35. The van der Waals surface area contributed by atoms with Gasteiger partial charge in [-0.05, 0) is 59.9 Å². The Kier molecular flexibility index (Phi) is 5.44. The van der Waals surface area contributed by atoms with Crippen molar-refractivity contribution in [2.24, 2.45) is 5.92 Å². The van der Waals surface area contributed by atoms with Gasteiger partial charge in [-0.25, -0.2) is 0 Å². The lowest BCUT2D eigenvalue weighted by Gasteiger charge is -2.46. The largest absolute Gasteiger partial charge is 0.342 e. The molecule has 0 N–H and O–H groups in total. The number of hydrogen-bond acceptors (Lipinski definition) is 2. The van der Waals surface area contributed by atoms with Crippen molar-refractivity contribution in [3.8, 4) is 0 Å². The number of hydrogen-bond donors (Lipinski definition) is 0. The van der Waals surface area contributed by atoms with Crippen LogP contribution in [0.3, 0.4) is 0 Å². The van der Waals surface area contributed by atoms with E-state index < -0.39 is 0 Å². The second kappa shape index (κ2) is 8.75. The first-order valence-electron chi connectivity index (χ1n) is 12.5. The smallest absolute Gasteiger partial charge is 0.254 e. The summed E-state index contributed by atoms with van der Waals surface area (Å²) in [6.07, 6.45) is 3.97. The van der Waals surface area contributed by atoms with Crippen LogP contribution < -0.4 is 0 Å². The van der Waals surface area contributed by atoms with Crippen LogP contribution in [0.15, 0.2) is 78.9 Å². The minimum absolute atomic E-state index is 0.0562. The zero-order valence-corrected chi connectivity index (χ0v) is 19.4. The number of fused-ring (bicyclic) bond motifs is 4. The highest BCUT2D eigenvalue weighted by molar-refractivity contribution is 6.01. The fraction of sp³-hybridized carbons (Fsp3) is 0.333. The number of nitrogens with zero attached hydrogens (tertiary/aromatic N) is 2. The van der Waals surface area contributed by atoms with Crippen molar-refractivity contribution in [2.75, 3.05) is 19.6 Å². The number of amides is 2. The lowest BCUT2D eigenvalue weighted by molar-refractivity contribution is -0.136. The van der Waals surface area contributed by atoms with Crippen molar-refractivity contribution in [3.63, 3.8) is 0 Å². The van der Waals surface area contributed by atoms with Gasteiger partial charge in [0.15, 0.2) is 0 Å². The van der Waals surface area contributed by atoms with E-state index in [9.17, 15) is 9.59 Å². The Morgan fingerprint density at radius 3 is 2.26 bits per heavy atom. The molecule has 3 aliphatic heterocycles. The molecule has 3 aromatic carbocycles. The van der Waals surface area contributed by atoms with Crippen molar-refractivity contribution in [3.05, 3.63) is 107 Å². The average Bonchev–Trinajstić information content (AvgIpc) is 2.89. The Balaban J connectivity index is 1.29. The first-order valence-corrected chi connectivity index (χ1v) is 12.5. The van der Waals surface area contributed by atoms with E-state index in [0.717, 1.165) is 49.9 Å². The minimum Gasteiger partial charge on any atom is -0.342 e. The third-order valence-electron chi connectivity index (χ3n) is 7.99. The Morgan fingerprint density at radius 2 is 1.47 bits per heavy atom. The molecule has 0 aromatic heterocycles. The quantitative estimate of drug-likeness (QED) is 0.563. The number of carbonyl (C=O) groups excluding carboxylic acids is 2. The predicted octanol–water partition coefficient (Wildman–Crippen LogP) is 5.00. The van der Waals surface area contributed by atoms with Crippen LogP contribution in [0.4, 0.5) is 0 Å². The fourth-order valence-corrected chi connectivity index (χ4v) is 6.24. The lowest BCUT2D eigenvalue weighted by Crippen LogP contribution is -2.51. The van der Waals surface area contributed by atoms with Crippen LogP contribution in [0.25, 0.3) is 0 Å². The topological polar surface area (TPSA) is 40.6 Å². The third-order valence-corrected chi connectivity index (χ3v) is 7.99. The molecule has 172 valence electrons. The molecule has 1 saturated heterocycles. The summed E-state index contributed by atoms with van der Waals surface area (Å²) in [5.74, 6) is 0.491. The van der Waals surface area contributed by atoms with Gasteiger partial charge in [0.05, 0.1) is 12.0 Å². The van der Waals surface area contributed by atoms with Crippen LogP contribution in [0.5, 0.6) is 0 Å². The van der Waals surface area contributed by atoms with E-state index in [0.29, 0.717) is 18.0 Å². The normalized spacial score (nSPS) is 22.1. The predicted molar refractivity (Wildman–Crippen MR) is 133 cm³/mol. The summed E-state index contributed by atoms with van der Waals surface area (Å²) in [6, 6.07) is 26.5. The lowest BCUT2D eigenvalue weighted by atomic mass is 9.75. The highest BCUT2D eigenvalue weighted by atomic mass is 16.2. The average molecular weight is 451 g/mol. The molecular weight excluding hydrogens is 420 g/mol. The van der Waals surface area contributed by atoms with Gasteiger partial charge in [0.2, 0.25) is 5.91 Å². The first-order chi connectivity index (χ1) is 16.7. The van der Waals surface area contributed by atoms with Crippen molar-refractivity contribution in [1.82, 2.24) is 9.80 Å². The van der Waals surface area contributed by atoms with Gasteiger partial charge in [0.1, 0.15) is 0 Å². The molecule has 0 aliphatic carbocycles. The Bertz CT molecular complexity index is 1210. The van der Waals surface area contributed by atoms with Gasteiger partial charge in [-0.15, -0.1) is 0 Å². The molecule has 3 heterocycles. The van der Waals surface area contributed by atoms with Gasteiger partial charge in [-0.1, -0.05) is 72.8 Å². The number of likely N-dealkylation sites (tertiary alicyclic amines) is 1. The van der Waals surface area contributed by atoms with Crippen molar-refractivity contribution >= 4 is 11.8 Å². The minimum atomic E-state index is -0.346. The number of piperidine rings is 1. The molecule has 2 amide bonds. The molecule has 3 aromatic rings. The van der Waals surface area contributed by atoms with E-state index in [4.69, 9.17) is 0 Å². The molecule has 4 nitrogen and oxygen atoms in total. The van der Waals surface area contributed by atoms with Crippen LogP contribution in [0.2, 0.25) is 0 Å². The molecule has 34 heavy (non-hydrogen) atoms. The molecule has 0 unspecified atom stereocenters. The van der Waals surface area contributed by atoms with Gasteiger partial charge in [0.25, 0.3) is 5.91 Å². The SMILES string of the molecule is O=C([C@H]1c2ccccc2C(=O)N2CCc3ccccc3[C@H]12)N1CCC(Cc2ccccc2)CC1. The molecule has 4 heteroatoms. The molecular formula is C30H30N2O2. The monoisotopic (exact) mass is 450 g/mol. The Labute approximate surface area is 201 Å². The highest BCUT2D eigenvalue weighted by Crippen LogP contribution is 2.46. The second-order valence-corrected chi connectivity index (χ2v) is 9.92. The van der Waals surface area contributed by atoms with E-state index in [1.54, 1.807) is 0 Å². The summed E-state index contributed by atoms with van der Waals surface area (Å²) in [5, 5.41) is 0. The van der Waals surface area contributed by atoms with Crippen LogP contribution in [-0.2, 0) is 17.6 Å². The molecule has 3 aliphatic rings. The summed E-state index contributed by atoms with van der Waals surface area (Å²) < 4.78 is 0. The summed E-state index contributed by atoms with van der Waals surface area (Å²) in [6.45, 7) is 2.24. The van der Waals surface area contributed by atoms with Gasteiger partial charge >= 0.3 is 0 Å². The van der Waals surface area contributed by atoms with Crippen LogP contribution in [0, 0.1) is 5.92 Å². The molecule has 1 fully saturated rings.